The Balaban J connectivity index is 1.31. The van der Waals surface area contributed by atoms with E-state index in [1.807, 2.05) is 72.8 Å². The maximum Gasteiger partial charge on any atom is 0.338 e. The molecule has 0 N–H and O–H groups in total. The number of benzene rings is 4. The highest BCUT2D eigenvalue weighted by Crippen LogP contribution is 2.21. The Bertz CT molecular complexity index is 1240. The Morgan fingerprint density at radius 1 is 0.528 bits per heavy atom. The fourth-order valence-corrected chi connectivity index (χ4v) is 3.56. The van der Waals surface area contributed by atoms with E-state index in [2.05, 4.69) is 13.2 Å². The Labute approximate surface area is 211 Å². The quantitative estimate of drug-likeness (QED) is 0.238. The van der Waals surface area contributed by atoms with Crippen molar-refractivity contribution in [2.45, 2.75) is 13.2 Å². The van der Waals surface area contributed by atoms with E-state index in [0.29, 0.717) is 11.1 Å². The standard InChI is InChI=1S/C32H26O4/c1-3-23-5-9-25(10-6-23)21-35-31(33)29-17-13-27(14-18-29)28-15-19-30(20-16-28)32(34)36-22-26-11-7-24(4-2)8-12-26/h3-20H,1-2,21-22H2. The van der Waals surface area contributed by atoms with Gasteiger partial charge in [-0.05, 0) is 57.6 Å². The molecule has 0 radical (unpaired) electrons. The minimum atomic E-state index is -0.383. The number of carbonyl (C=O) groups is 2. The molecule has 4 heteroatoms. The number of esters is 2. The van der Waals surface area contributed by atoms with Crippen molar-refractivity contribution in [2.24, 2.45) is 0 Å². The van der Waals surface area contributed by atoms with Crippen molar-refractivity contribution < 1.29 is 19.1 Å². The van der Waals surface area contributed by atoms with Gasteiger partial charge in [-0.1, -0.05) is 98.1 Å². The Hall–Kier alpha value is -4.70. The van der Waals surface area contributed by atoms with Gasteiger partial charge in [-0.25, -0.2) is 9.59 Å². The summed E-state index contributed by atoms with van der Waals surface area (Å²) in [6.07, 6.45) is 3.53. The molecular weight excluding hydrogens is 448 g/mol. The summed E-state index contributed by atoms with van der Waals surface area (Å²) in [5.41, 5.74) is 6.65. The van der Waals surface area contributed by atoms with Gasteiger partial charge in [0.05, 0.1) is 11.1 Å². The summed E-state index contributed by atoms with van der Waals surface area (Å²) < 4.78 is 10.8. The van der Waals surface area contributed by atoms with Gasteiger partial charge in [0, 0.05) is 0 Å². The third-order valence-electron chi connectivity index (χ3n) is 5.75. The fraction of sp³-hybridized carbons (Fsp3) is 0.0625. The Morgan fingerprint density at radius 3 is 1.17 bits per heavy atom. The molecule has 0 amide bonds. The zero-order chi connectivity index (χ0) is 25.3. The summed E-state index contributed by atoms with van der Waals surface area (Å²) in [7, 11) is 0. The highest BCUT2D eigenvalue weighted by atomic mass is 16.5. The van der Waals surface area contributed by atoms with Crippen molar-refractivity contribution in [3.8, 4) is 11.1 Å². The molecule has 0 aliphatic carbocycles. The topological polar surface area (TPSA) is 52.6 Å². The van der Waals surface area contributed by atoms with Crippen molar-refractivity contribution in [2.75, 3.05) is 0 Å². The van der Waals surface area contributed by atoms with Gasteiger partial charge in [-0.2, -0.15) is 0 Å². The van der Waals surface area contributed by atoms with Crippen molar-refractivity contribution in [3.05, 3.63) is 144 Å². The van der Waals surface area contributed by atoms with Crippen LogP contribution < -0.4 is 0 Å². The van der Waals surface area contributed by atoms with E-state index >= 15 is 0 Å². The first-order valence-electron chi connectivity index (χ1n) is 11.5. The maximum atomic E-state index is 12.4. The van der Waals surface area contributed by atoms with Crippen LogP contribution in [0.4, 0.5) is 0 Å². The number of ether oxygens (including phenoxy) is 2. The minimum absolute atomic E-state index is 0.204. The van der Waals surface area contributed by atoms with Crippen LogP contribution in [0.15, 0.2) is 110 Å². The van der Waals surface area contributed by atoms with E-state index < -0.39 is 0 Å². The van der Waals surface area contributed by atoms with Crippen molar-refractivity contribution >= 4 is 24.1 Å². The van der Waals surface area contributed by atoms with E-state index in [0.717, 1.165) is 33.4 Å². The molecule has 0 aliphatic rings. The molecule has 0 spiro atoms. The van der Waals surface area contributed by atoms with Crippen LogP contribution in [0.2, 0.25) is 0 Å². The Kier molecular flexibility index (Phi) is 7.89. The first-order chi connectivity index (χ1) is 17.6. The van der Waals surface area contributed by atoms with Crippen LogP contribution in [0.5, 0.6) is 0 Å². The molecule has 0 aromatic heterocycles. The first-order valence-corrected chi connectivity index (χ1v) is 11.5. The van der Waals surface area contributed by atoms with Crippen LogP contribution in [-0.2, 0) is 22.7 Å². The summed E-state index contributed by atoms with van der Waals surface area (Å²) >= 11 is 0. The molecule has 4 aromatic rings. The lowest BCUT2D eigenvalue weighted by Crippen LogP contribution is -2.05. The summed E-state index contributed by atoms with van der Waals surface area (Å²) in [5.74, 6) is -0.766. The lowest BCUT2D eigenvalue weighted by Gasteiger charge is -2.08. The largest absolute Gasteiger partial charge is 0.457 e. The summed E-state index contributed by atoms with van der Waals surface area (Å²) in [6, 6.07) is 29.7. The Morgan fingerprint density at radius 2 is 0.861 bits per heavy atom. The summed E-state index contributed by atoms with van der Waals surface area (Å²) in [5, 5.41) is 0. The molecule has 0 saturated carbocycles. The smallest absolute Gasteiger partial charge is 0.338 e. The van der Waals surface area contributed by atoms with Crippen LogP contribution in [-0.4, -0.2) is 11.9 Å². The molecule has 4 nitrogen and oxygen atoms in total. The molecule has 4 rings (SSSR count). The van der Waals surface area contributed by atoms with Crippen molar-refractivity contribution in [1.29, 1.82) is 0 Å². The number of hydrogen-bond donors (Lipinski definition) is 0. The second kappa shape index (κ2) is 11.6. The number of rotatable bonds is 9. The van der Waals surface area contributed by atoms with Gasteiger partial charge in [0.15, 0.2) is 0 Å². The first kappa shape index (κ1) is 24.4. The molecule has 0 bridgehead atoms. The predicted octanol–water partition coefficient (Wildman–Crippen LogP) is 7.35. The molecule has 0 aliphatic heterocycles. The molecule has 0 atom stereocenters. The van der Waals surface area contributed by atoms with Gasteiger partial charge in [0.25, 0.3) is 0 Å². The molecule has 0 fully saturated rings. The van der Waals surface area contributed by atoms with E-state index in [1.165, 1.54) is 0 Å². The van der Waals surface area contributed by atoms with Crippen molar-refractivity contribution in [3.63, 3.8) is 0 Å². The molecule has 0 heterocycles. The molecule has 178 valence electrons. The van der Waals surface area contributed by atoms with Gasteiger partial charge in [-0.3, -0.25) is 0 Å². The molecule has 4 aromatic carbocycles. The summed E-state index contributed by atoms with van der Waals surface area (Å²) in [4.78, 5) is 24.8. The monoisotopic (exact) mass is 474 g/mol. The van der Waals surface area contributed by atoms with Gasteiger partial charge >= 0.3 is 11.9 Å². The minimum Gasteiger partial charge on any atom is -0.457 e. The van der Waals surface area contributed by atoms with Crippen LogP contribution in [0.3, 0.4) is 0 Å². The molecule has 0 unspecified atom stereocenters. The SMILES string of the molecule is C=Cc1ccc(COC(=O)c2ccc(-c3ccc(C(=O)OCc4ccc(C=C)cc4)cc3)cc2)cc1. The summed E-state index contributed by atoms with van der Waals surface area (Å²) in [6.45, 7) is 7.87. The zero-order valence-electron chi connectivity index (χ0n) is 19.9. The second-order valence-electron chi connectivity index (χ2n) is 8.20. The average Bonchev–Trinajstić information content (AvgIpc) is 2.95. The number of hydrogen-bond acceptors (Lipinski definition) is 4. The molecular formula is C32H26O4. The molecule has 0 saturated heterocycles. The van der Waals surface area contributed by atoms with Crippen molar-refractivity contribution in [1.82, 2.24) is 0 Å². The lowest BCUT2D eigenvalue weighted by molar-refractivity contribution is 0.0464. The van der Waals surface area contributed by atoms with E-state index in [4.69, 9.17) is 9.47 Å². The number of carbonyl (C=O) groups excluding carboxylic acids is 2. The van der Waals surface area contributed by atoms with Crippen LogP contribution in [0.1, 0.15) is 43.0 Å². The van der Waals surface area contributed by atoms with Gasteiger partial charge in [-0.15, -0.1) is 0 Å². The fourth-order valence-electron chi connectivity index (χ4n) is 3.56. The normalized spacial score (nSPS) is 10.3. The maximum absolute atomic E-state index is 12.4. The van der Waals surface area contributed by atoms with Crippen LogP contribution in [0.25, 0.3) is 23.3 Å². The highest BCUT2D eigenvalue weighted by molar-refractivity contribution is 5.91. The van der Waals surface area contributed by atoms with Gasteiger partial charge < -0.3 is 9.47 Å². The third kappa shape index (κ3) is 6.24. The van der Waals surface area contributed by atoms with E-state index in [9.17, 15) is 9.59 Å². The van der Waals surface area contributed by atoms with Gasteiger partial charge in [0.2, 0.25) is 0 Å². The zero-order valence-corrected chi connectivity index (χ0v) is 19.9. The predicted molar refractivity (Wildman–Crippen MR) is 143 cm³/mol. The lowest BCUT2D eigenvalue weighted by atomic mass is 10.0. The third-order valence-corrected chi connectivity index (χ3v) is 5.75. The average molecular weight is 475 g/mol. The van der Waals surface area contributed by atoms with Crippen LogP contribution in [0, 0.1) is 0 Å². The highest BCUT2D eigenvalue weighted by Gasteiger charge is 2.10. The second-order valence-corrected chi connectivity index (χ2v) is 8.20. The van der Waals surface area contributed by atoms with Gasteiger partial charge in [0.1, 0.15) is 13.2 Å². The van der Waals surface area contributed by atoms with Crippen LogP contribution >= 0.6 is 0 Å². The molecule has 36 heavy (non-hydrogen) atoms. The van der Waals surface area contributed by atoms with E-state index in [1.54, 1.807) is 36.4 Å². The van der Waals surface area contributed by atoms with E-state index in [-0.39, 0.29) is 25.2 Å².